The second kappa shape index (κ2) is 7.22. The molecule has 5 nitrogen and oxygen atoms in total. The van der Waals surface area contributed by atoms with Crippen LogP contribution >= 0.6 is 0 Å². The molecule has 0 spiro atoms. The second-order valence-electron chi connectivity index (χ2n) is 5.88. The van der Waals surface area contributed by atoms with E-state index in [2.05, 4.69) is 16.4 Å². The summed E-state index contributed by atoms with van der Waals surface area (Å²) in [6, 6.07) is 16.1. The van der Waals surface area contributed by atoms with Crippen LogP contribution in [-0.4, -0.2) is 29.0 Å². The number of methoxy groups -OCH3 is 1. The van der Waals surface area contributed by atoms with Gasteiger partial charge in [0.05, 0.1) is 23.4 Å². The van der Waals surface area contributed by atoms with Crippen molar-refractivity contribution < 1.29 is 22.7 Å². The largest absolute Gasteiger partial charge is 0.465 e. The number of alkyl halides is 3. The summed E-state index contributed by atoms with van der Waals surface area (Å²) in [7, 11) is 0.810. The molecule has 1 heterocycles. The van der Waals surface area contributed by atoms with Crippen molar-refractivity contribution in [3.05, 3.63) is 75.5 Å². The van der Waals surface area contributed by atoms with Gasteiger partial charge in [-0.15, -0.1) is 0 Å². The number of carbonyl (C=O) groups excluding carboxylic acids is 1. The third-order valence-electron chi connectivity index (χ3n) is 4.12. The van der Waals surface area contributed by atoms with Crippen molar-refractivity contribution in [3.8, 4) is 16.8 Å². The molecule has 0 saturated carbocycles. The van der Waals surface area contributed by atoms with Crippen LogP contribution in [0.25, 0.3) is 29.0 Å². The van der Waals surface area contributed by atoms with Crippen LogP contribution in [0.15, 0.2) is 59.4 Å². The second-order valence-corrected chi connectivity index (χ2v) is 5.88. The van der Waals surface area contributed by atoms with Gasteiger partial charge in [-0.2, -0.15) is 13.2 Å². The zero-order chi connectivity index (χ0) is 20.5. The molecule has 0 bridgehead atoms. The summed E-state index contributed by atoms with van der Waals surface area (Å²) in [5, 5.41) is 1.28. The van der Waals surface area contributed by atoms with Gasteiger partial charge in [-0.3, -0.25) is 9.89 Å². The maximum atomic E-state index is 13.3. The zero-order valence-electron chi connectivity index (χ0n) is 14.7. The van der Waals surface area contributed by atoms with Gasteiger partial charge in [0.1, 0.15) is 0 Å². The first kappa shape index (κ1) is 19.2. The normalized spacial score (nSPS) is 12.6. The van der Waals surface area contributed by atoms with Crippen molar-refractivity contribution in [2.45, 2.75) is 6.18 Å². The minimum Gasteiger partial charge on any atom is -0.465 e. The number of carbonyl (C=O) groups is 1. The lowest BCUT2D eigenvalue weighted by atomic mass is 10.1. The summed E-state index contributed by atoms with van der Waals surface area (Å²) in [5.41, 5.74) is -0.621. The van der Waals surface area contributed by atoms with E-state index in [1.165, 1.54) is 0 Å². The number of esters is 1. The van der Waals surface area contributed by atoms with Gasteiger partial charge < -0.3 is 4.74 Å². The molecule has 28 heavy (non-hydrogen) atoms. The maximum absolute atomic E-state index is 13.3. The number of H-pyrrole nitrogens is 1. The molecule has 0 aliphatic heterocycles. The fourth-order valence-electron chi connectivity index (χ4n) is 2.82. The molecule has 0 atom stereocenters. The van der Waals surface area contributed by atoms with Gasteiger partial charge in [0.15, 0.2) is 5.57 Å². The Hall–Kier alpha value is -3.55. The first-order chi connectivity index (χ1) is 13.2. The standard InChI is InChI=1S/C20H15F3N2O3/c1-12-16(17(19(27)28-2)20(21,22)23)18(26)25(24-12)15-10-8-14(9-11-15)13-6-4-3-5-7-13/h3-11,24H,1H2,2H3. The Morgan fingerprint density at radius 3 is 2.14 bits per heavy atom. The van der Waals surface area contributed by atoms with Crippen molar-refractivity contribution >= 4 is 18.1 Å². The highest BCUT2D eigenvalue weighted by Crippen LogP contribution is 2.26. The lowest BCUT2D eigenvalue weighted by Crippen LogP contribution is -2.42. The molecule has 0 saturated heterocycles. The molecule has 1 N–H and O–H groups in total. The molecular formula is C20H15F3N2O3. The molecule has 0 aliphatic carbocycles. The number of aromatic amines is 1. The Kier molecular flexibility index (Phi) is 4.96. The number of nitrogens with zero attached hydrogens (tertiary/aromatic N) is 1. The molecule has 0 fully saturated rings. The molecule has 0 aliphatic rings. The molecule has 2 aromatic carbocycles. The number of ether oxygens (including phenoxy) is 1. The topological polar surface area (TPSA) is 64.1 Å². The predicted molar refractivity (Wildman–Crippen MR) is 98.1 cm³/mol. The van der Waals surface area contributed by atoms with Gasteiger partial charge in [0.25, 0.3) is 5.56 Å². The summed E-state index contributed by atoms with van der Waals surface area (Å²) < 4.78 is 45.1. The van der Waals surface area contributed by atoms with Crippen LogP contribution in [0.2, 0.25) is 0 Å². The SMILES string of the molecule is C=c1[nH]n(-c2ccc(-c3ccccc3)cc2)c(=O)c1=C(C(=O)OC)C(F)(F)F. The van der Waals surface area contributed by atoms with Gasteiger partial charge in [-0.1, -0.05) is 49.0 Å². The van der Waals surface area contributed by atoms with E-state index < -0.39 is 28.5 Å². The van der Waals surface area contributed by atoms with E-state index in [1.54, 1.807) is 24.3 Å². The van der Waals surface area contributed by atoms with E-state index in [1.807, 2.05) is 30.3 Å². The van der Waals surface area contributed by atoms with Crippen LogP contribution in [0.5, 0.6) is 0 Å². The minimum absolute atomic E-state index is 0.298. The van der Waals surface area contributed by atoms with Gasteiger partial charge in [0, 0.05) is 0 Å². The van der Waals surface area contributed by atoms with Gasteiger partial charge in [-0.05, 0) is 23.3 Å². The number of nitrogens with one attached hydrogen (secondary N) is 1. The molecular weight excluding hydrogens is 373 g/mol. The summed E-state index contributed by atoms with van der Waals surface area (Å²) in [4.78, 5) is 24.3. The molecule has 144 valence electrons. The lowest BCUT2D eigenvalue weighted by Gasteiger charge is -2.08. The highest BCUT2D eigenvalue weighted by atomic mass is 19.4. The average molecular weight is 388 g/mol. The molecule has 3 rings (SSSR count). The number of benzene rings is 2. The van der Waals surface area contributed by atoms with E-state index in [0.29, 0.717) is 5.69 Å². The fraction of sp³-hybridized carbons (Fsp3) is 0.100. The Morgan fingerprint density at radius 2 is 1.61 bits per heavy atom. The van der Waals surface area contributed by atoms with Crippen molar-refractivity contribution in [1.82, 2.24) is 9.78 Å². The molecule has 0 radical (unpaired) electrons. The fourth-order valence-corrected chi connectivity index (χ4v) is 2.82. The number of hydrogen-bond donors (Lipinski definition) is 1. The predicted octanol–water partition coefficient (Wildman–Crippen LogP) is 2.13. The third-order valence-corrected chi connectivity index (χ3v) is 4.12. The lowest BCUT2D eigenvalue weighted by molar-refractivity contribution is -0.140. The van der Waals surface area contributed by atoms with E-state index >= 15 is 0 Å². The van der Waals surface area contributed by atoms with Crippen molar-refractivity contribution in [3.63, 3.8) is 0 Å². The summed E-state index contributed by atoms with van der Waals surface area (Å²) in [6.45, 7) is 3.44. The smallest absolute Gasteiger partial charge is 0.424 e. The number of halogens is 3. The van der Waals surface area contributed by atoms with Crippen LogP contribution in [-0.2, 0) is 9.53 Å². The molecule has 8 heteroatoms. The van der Waals surface area contributed by atoms with E-state index in [0.717, 1.165) is 22.9 Å². The molecule has 3 aromatic rings. The highest BCUT2D eigenvalue weighted by Gasteiger charge is 2.41. The van der Waals surface area contributed by atoms with Crippen LogP contribution < -0.4 is 16.1 Å². The van der Waals surface area contributed by atoms with Crippen molar-refractivity contribution in [2.24, 2.45) is 0 Å². The molecule has 0 unspecified atom stereocenters. The Labute approximate surface area is 157 Å². The average Bonchev–Trinajstić information content (AvgIpc) is 2.96. The van der Waals surface area contributed by atoms with Crippen LogP contribution in [0.3, 0.4) is 0 Å². The van der Waals surface area contributed by atoms with Crippen LogP contribution in [0, 0.1) is 0 Å². The highest BCUT2D eigenvalue weighted by molar-refractivity contribution is 6.11. The monoisotopic (exact) mass is 388 g/mol. The third kappa shape index (κ3) is 3.48. The van der Waals surface area contributed by atoms with Gasteiger partial charge in [-0.25, -0.2) is 9.48 Å². The van der Waals surface area contributed by atoms with Crippen LogP contribution in [0.1, 0.15) is 0 Å². The Morgan fingerprint density at radius 1 is 1.04 bits per heavy atom. The van der Waals surface area contributed by atoms with E-state index in [4.69, 9.17) is 0 Å². The van der Waals surface area contributed by atoms with Gasteiger partial charge in [0.2, 0.25) is 0 Å². The summed E-state index contributed by atoms with van der Waals surface area (Å²) in [5.74, 6) is -1.65. The Balaban J connectivity index is 2.18. The number of aromatic nitrogens is 2. The van der Waals surface area contributed by atoms with Crippen molar-refractivity contribution in [1.29, 1.82) is 0 Å². The first-order valence-electron chi connectivity index (χ1n) is 8.09. The summed E-state index contributed by atoms with van der Waals surface area (Å²) >= 11 is 0. The molecule has 0 amide bonds. The van der Waals surface area contributed by atoms with Crippen LogP contribution in [0.4, 0.5) is 13.2 Å². The zero-order valence-corrected chi connectivity index (χ0v) is 14.7. The Bertz CT molecular complexity index is 1170. The first-order valence-corrected chi connectivity index (χ1v) is 8.09. The molecule has 1 aromatic heterocycles. The number of hydrogen-bond acceptors (Lipinski definition) is 3. The van der Waals surface area contributed by atoms with Gasteiger partial charge >= 0.3 is 12.1 Å². The minimum atomic E-state index is -5.07. The maximum Gasteiger partial charge on any atom is 0.424 e. The quantitative estimate of drug-likeness (QED) is 0.700. The van der Waals surface area contributed by atoms with Crippen molar-refractivity contribution in [2.75, 3.05) is 7.11 Å². The van der Waals surface area contributed by atoms with E-state index in [-0.39, 0.29) is 5.35 Å². The summed E-state index contributed by atoms with van der Waals surface area (Å²) in [6.07, 6.45) is -5.07. The van der Waals surface area contributed by atoms with E-state index in [9.17, 15) is 22.8 Å². The number of rotatable bonds is 3.